The minimum absolute atomic E-state index is 0.103. The zero-order valence-corrected chi connectivity index (χ0v) is 31.8. The van der Waals surface area contributed by atoms with Crippen molar-refractivity contribution in [1.29, 1.82) is 0 Å². The van der Waals surface area contributed by atoms with E-state index < -0.39 is 0 Å². The molecule has 0 atom stereocenters. The van der Waals surface area contributed by atoms with Crippen LogP contribution in [0.1, 0.15) is 0 Å². The van der Waals surface area contributed by atoms with Gasteiger partial charge in [-0.2, -0.15) is 0 Å². The summed E-state index contributed by atoms with van der Waals surface area (Å²) in [5.41, 5.74) is 11.3. The van der Waals surface area contributed by atoms with Gasteiger partial charge in [-0.15, -0.1) is 0 Å². The van der Waals surface area contributed by atoms with Crippen LogP contribution in [0.15, 0.2) is 151 Å². The highest BCUT2D eigenvalue weighted by Gasteiger charge is 2.42. The van der Waals surface area contributed by atoms with Crippen molar-refractivity contribution in [1.82, 2.24) is 19.1 Å². The molecule has 59 heavy (non-hydrogen) atoms. The fraction of sp³-hybridized carbons (Fsp3) is 0.0417. The Kier molecular flexibility index (Phi) is 6.56. The number of benzene rings is 6. The molecule has 4 aliphatic heterocycles. The Morgan fingerprint density at radius 1 is 0.424 bits per heavy atom. The van der Waals surface area contributed by atoms with Crippen molar-refractivity contribution in [3.05, 3.63) is 146 Å². The highest BCUT2D eigenvalue weighted by molar-refractivity contribution is 6.99. The van der Waals surface area contributed by atoms with E-state index in [-0.39, 0.29) is 13.4 Å². The summed E-state index contributed by atoms with van der Waals surface area (Å²) in [4.78, 5) is 9.27. The Morgan fingerprint density at radius 3 is 1.27 bits per heavy atom. The van der Waals surface area contributed by atoms with Crippen LogP contribution in [0.5, 0.6) is 46.0 Å². The van der Waals surface area contributed by atoms with Gasteiger partial charge in [0.25, 0.3) is 13.4 Å². The van der Waals surface area contributed by atoms with E-state index in [0.717, 1.165) is 124 Å². The summed E-state index contributed by atoms with van der Waals surface area (Å²) in [6, 6.07) is 39.5. The van der Waals surface area contributed by atoms with Crippen molar-refractivity contribution in [3.63, 3.8) is 0 Å². The molecule has 278 valence electrons. The Bertz CT molecular complexity index is 3010. The van der Waals surface area contributed by atoms with Crippen LogP contribution in [0.25, 0.3) is 45.2 Å². The molecule has 0 fully saturated rings. The second-order valence-electron chi connectivity index (χ2n) is 15.5. The molecular weight excluding hydrogens is 734 g/mol. The van der Waals surface area contributed by atoms with E-state index in [9.17, 15) is 0 Å². The molecule has 9 aromatic rings. The van der Waals surface area contributed by atoms with Crippen molar-refractivity contribution in [3.8, 4) is 91.2 Å². The van der Waals surface area contributed by atoms with Gasteiger partial charge >= 0.3 is 0 Å². The van der Waals surface area contributed by atoms with Crippen LogP contribution in [-0.2, 0) is 14.1 Å². The van der Waals surface area contributed by atoms with E-state index in [1.54, 1.807) is 0 Å². The molecule has 11 heteroatoms. The van der Waals surface area contributed by atoms with E-state index >= 15 is 0 Å². The van der Waals surface area contributed by atoms with Crippen LogP contribution in [0, 0.1) is 0 Å². The molecular formula is C48H30B2N4O5. The molecule has 0 unspecified atom stereocenters. The van der Waals surface area contributed by atoms with Gasteiger partial charge in [0.05, 0.1) is 6.26 Å². The van der Waals surface area contributed by atoms with Crippen molar-refractivity contribution in [2.75, 3.05) is 0 Å². The summed E-state index contributed by atoms with van der Waals surface area (Å²) in [6.45, 7) is -0.217. The molecule has 0 spiro atoms. The maximum absolute atomic E-state index is 6.55. The maximum Gasteiger partial charge on any atom is 0.260 e. The lowest BCUT2D eigenvalue weighted by atomic mass is 9.34. The quantitative estimate of drug-likeness (QED) is 0.181. The number of rotatable bonds is 4. The van der Waals surface area contributed by atoms with Crippen LogP contribution in [0.4, 0.5) is 0 Å². The summed E-state index contributed by atoms with van der Waals surface area (Å²) in [6.07, 6.45) is 9.41. The third-order valence-corrected chi connectivity index (χ3v) is 12.2. The number of aromatic nitrogens is 4. The molecule has 0 aliphatic carbocycles. The largest absolute Gasteiger partial charge is 0.464 e. The van der Waals surface area contributed by atoms with Gasteiger partial charge in [0.2, 0.25) is 0 Å². The molecule has 0 bridgehead atoms. The normalized spacial score (nSPS) is 13.4. The first-order chi connectivity index (χ1) is 29.0. The standard InChI is InChI=1S/C48H30B2N4O5/c1-53-19-17-51-47(53)29-11-15-38-34(23-29)49-32-21-27(9-13-36(32)56-40-5-3-6-41(58-38)45(40)49)31-25-44(55-26-31)28-10-14-37-33(22-28)50-35-24-30(48-52-18-20-54(48)2)12-16-39(35)59-43-8-4-7-42(57-37)46(43)50/h3-26H,1-2H3. The van der Waals surface area contributed by atoms with Crippen LogP contribution in [0.2, 0.25) is 0 Å². The predicted octanol–water partition coefficient (Wildman–Crippen LogP) is 6.87. The number of hydrogen-bond donors (Lipinski definition) is 0. The first-order valence-electron chi connectivity index (χ1n) is 19.6. The maximum atomic E-state index is 6.55. The number of nitrogens with zero attached hydrogens (tertiary/aromatic N) is 4. The first kappa shape index (κ1) is 32.4. The number of furan rings is 1. The second kappa shape index (κ2) is 11.9. The molecule has 9 nitrogen and oxygen atoms in total. The Morgan fingerprint density at radius 2 is 0.831 bits per heavy atom. The van der Waals surface area contributed by atoms with Gasteiger partial charge in [0.1, 0.15) is 63.4 Å². The van der Waals surface area contributed by atoms with Crippen molar-refractivity contribution in [2.24, 2.45) is 14.1 Å². The minimum atomic E-state index is -0.114. The van der Waals surface area contributed by atoms with Crippen molar-refractivity contribution >= 4 is 46.2 Å². The van der Waals surface area contributed by atoms with E-state index in [1.807, 2.05) is 103 Å². The molecule has 6 aromatic carbocycles. The Balaban J connectivity index is 0.897. The summed E-state index contributed by atoms with van der Waals surface area (Å²) in [5.74, 6) is 9.03. The fourth-order valence-corrected chi connectivity index (χ4v) is 9.41. The van der Waals surface area contributed by atoms with Gasteiger partial charge in [-0.3, -0.25) is 0 Å². The zero-order chi connectivity index (χ0) is 38.9. The lowest BCUT2D eigenvalue weighted by molar-refractivity contribution is 0.464. The van der Waals surface area contributed by atoms with Gasteiger partial charge in [-0.05, 0) is 100 Å². The Labute approximate surface area is 339 Å². The topological polar surface area (TPSA) is 85.7 Å². The predicted molar refractivity (Wildman–Crippen MR) is 229 cm³/mol. The van der Waals surface area contributed by atoms with Crippen LogP contribution >= 0.6 is 0 Å². The highest BCUT2D eigenvalue weighted by Crippen LogP contribution is 2.39. The number of ether oxygens (including phenoxy) is 4. The average Bonchev–Trinajstić information content (AvgIpc) is 4.05. The van der Waals surface area contributed by atoms with Gasteiger partial charge in [0, 0.05) is 72.1 Å². The van der Waals surface area contributed by atoms with Gasteiger partial charge in [-0.25, -0.2) is 9.97 Å². The lowest BCUT2D eigenvalue weighted by Crippen LogP contribution is -2.57. The molecule has 0 N–H and O–H groups in total. The van der Waals surface area contributed by atoms with Crippen molar-refractivity contribution < 1.29 is 23.4 Å². The number of fused-ring (bicyclic) bond motifs is 8. The third-order valence-electron chi connectivity index (χ3n) is 12.2. The molecule has 13 rings (SSSR count). The SMILES string of the molecule is Cn1ccnc1-c1ccc2c(c1)B1c3cc(-c4coc(-c5ccc6c(c5)B5c7cc(-c8nccn8C)ccc7Oc7cccc(c75)O6)c4)ccc3Oc3cccc(c31)O2. The average molecular weight is 764 g/mol. The number of imidazole rings is 2. The molecule has 0 saturated carbocycles. The van der Waals surface area contributed by atoms with E-state index in [0.29, 0.717) is 0 Å². The molecule has 4 aliphatic rings. The highest BCUT2D eigenvalue weighted by atomic mass is 16.5. The van der Waals surface area contributed by atoms with E-state index in [1.165, 1.54) is 0 Å². The van der Waals surface area contributed by atoms with Gasteiger partial charge in [0.15, 0.2) is 0 Å². The Hall–Kier alpha value is -7.65. The number of aryl methyl sites for hydroxylation is 2. The summed E-state index contributed by atoms with van der Waals surface area (Å²) in [5, 5.41) is 0. The first-order valence-corrected chi connectivity index (χ1v) is 19.6. The summed E-state index contributed by atoms with van der Waals surface area (Å²) >= 11 is 0. The molecule has 0 radical (unpaired) electrons. The summed E-state index contributed by atoms with van der Waals surface area (Å²) in [7, 11) is 4.02. The fourth-order valence-electron chi connectivity index (χ4n) is 9.41. The van der Waals surface area contributed by atoms with Gasteiger partial charge < -0.3 is 32.5 Å². The van der Waals surface area contributed by atoms with Crippen LogP contribution < -0.4 is 51.7 Å². The molecule has 0 amide bonds. The molecule has 0 saturated heterocycles. The lowest BCUT2D eigenvalue weighted by Gasteiger charge is -2.33. The molecule has 7 heterocycles. The third kappa shape index (κ3) is 4.75. The van der Waals surface area contributed by atoms with E-state index in [2.05, 4.69) is 76.7 Å². The molecule has 3 aromatic heterocycles. The van der Waals surface area contributed by atoms with E-state index in [4.69, 9.17) is 23.4 Å². The zero-order valence-electron chi connectivity index (χ0n) is 31.8. The van der Waals surface area contributed by atoms with Crippen molar-refractivity contribution in [2.45, 2.75) is 0 Å². The van der Waals surface area contributed by atoms with Crippen LogP contribution in [0.3, 0.4) is 0 Å². The monoisotopic (exact) mass is 764 g/mol. The van der Waals surface area contributed by atoms with Crippen LogP contribution in [-0.4, -0.2) is 32.5 Å². The second-order valence-corrected chi connectivity index (χ2v) is 15.5. The van der Waals surface area contributed by atoms with Gasteiger partial charge in [-0.1, -0.05) is 42.5 Å². The summed E-state index contributed by atoms with van der Waals surface area (Å²) < 4.78 is 36.5. The minimum Gasteiger partial charge on any atom is -0.464 e. The smallest absolute Gasteiger partial charge is 0.260 e. The number of hydrogen-bond acceptors (Lipinski definition) is 7.